The van der Waals surface area contributed by atoms with Crippen LogP contribution in [0.2, 0.25) is 5.02 Å². The second kappa shape index (κ2) is 9.36. The summed E-state index contributed by atoms with van der Waals surface area (Å²) in [4.78, 5) is 0. The second-order valence-corrected chi connectivity index (χ2v) is 6.50. The standard InChI is InChI=1S/C23H24Cl/c1-4-7-22(17-19-10-8-18(5-2)9-11-19)21(6-3)16-20-12-14-23(24)15-13-20/h3-4,8-15,22H,1,5,7,16-17H2,2H3. The van der Waals surface area contributed by atoms with Crippen LogP contribution in [-0.4, -0.2) is 0 Å². The van der Waals surface area contributed by atoms with Gasteiger partial charge in [-0.25, -0.2) is 0 Å². The van der Waals surface area contributed by atoms with Crippen LogP contribution in [0.5, 0.6) is 0 Å². The van der Waals surface area contributed by atoms with Gasteiger partial charge in [0.2, 0.25) is 0 Å². The lowest BCUT2D eigenvalue weighted by Gasteiger charge is -2.22. The molecule has 0 aliphatic rings. The topological polar surface area (TPSA) is 0 Å². The molecule has 1 heteroatoms. The Morgan fingerprint density at radius 2 is 1.67 bits per heavy atom. The van der Waals surface area contributed by atoms with Crippen molar-refractivity contribution in [1.29, 1.82) is 0 Å². The first-order valence-electron chi connectivity index (χ1n) is 8.41. The maximum Gasteiger partial charge on any atom is 0.0557 e. The predicted octanol–water partition coefficient (Wildman–Crippen LogP) is 6.09. The summed E-state index contributed by atoms with van der Waals surface area (Å²) in [6.45, 7) is 6.08. The van der Waals surface area contributed by atoms with Crippen molar-refractivity contribution >= 4 is 11.6 Å². The van der Waals surface area contributed by atoms with Crippen LogP contribution in [0.3, 0.4) is 0 Å². The van der Waals surface area contributed by atoms with E-state index >= 15 is 0 Å². The van der Waals surface area contributed by atoms with E-state index in [2.05, 4.69) is 43.7 Å². The molecule has 0 aliphatic carbocycles. The summed E-state index contributed by atoms with van der Waals surface area (Å²) in [6.07, 6.45) is 11.5. The number of hydrogen-bond donors (Lipinski definition) is 0. The molecule has 0 saturated heterocycles. The Bertz CT molecular complexity index is 673. The zero-order valence-corrected chi connectivity index (χ0v) is 15.0. The Labute approximate surface area is 151 Å². The molecule has 2 aromatic carbocycles. The molecule has 2 rings (SSSR count). The van der Waals surface area contributed by atoms with Gasteiger partial charge in [-0.1, -0.05) is 66.9 Å². The molecule has 0 heterocycles. The Hall–Kier alpha value is -1.97. The van der Waals surface area contributed by atoms with Gasteiger partial charge in [0.1, 0.15) is 0 Å². The summed E-state index contributed by atoms with van der Waals surface area (Å²) in [5.74, 6) is 4.37. The smallest absolute Gasteiger partial charge is 0.0557 e. The second-order valence-electron chi connectivity index (χ2n) is 6.07. The predicted molar refractivity (Wildman–Crippen MR) is 105 cm³/mol. The van der Waals surface area contributed by atoms with Crippen LogP contribution in [0.25, 0.3) is 0 Å². The van der Waals surface area contributed by atoms with Crippen molar-refractivity contribution in [3.05, 3.63) is 88.8 Å². The molecule has 1 unspecified atom stereocenters. The van der Waals surface area contributed by atoms with E-state index in [1.165, 1.54) is 16.7 Å². The largest absolute Gasteiger partial charge is 0.119 e. The van der Waals surface area contributed by atoms with Crippen LogP contribution < -0.4 is 0 Å². The highest BCUT2D eigenvalue weighted by atomic mass is 35.5. The van der Waals surface area contributed by atoms with Crippen LogP contribution in [0.4, 0.5) is 0 Å². The molecule has 0 saturated carbocycles. The van der Waals surface area contributed by atoms with Crippen molar-refractivity contribution in [2.75, 3.05) is 0 Å². The van der Waals surface area contributed by atoms with Gasteiger partial charge in [-0.15, -0.1) is 13.0 Å². The molecular weight excluding hydrogens is 312 g/mol. The van der Waals surface area contributed by atoms with E-state index in [1.807, 2.05) is 30.3 Å². The van der Waals surface area contributed by atoms with Crippen LogP contribution in [-0.2, 0) is 19.3 Å². The molecule has 1 atom stereocenters. The van der Waals surface area contributed by atoms with Crippen LogP contribution in [0, 0.1) is 24.2 Å². The number of rotatable bonds is 8. The van der Waals surface area contributed by atoms with Crippen molar-refractivity contribution in [3.63, 3.8) is 0 Å². The van der Waals surface area contributed by atoms with E-state index in [1.54, 1.807) is 0 Å². The van der Waals surface area contributed by atoms with Crippen LogP contribution >= 0.6 is 11.6 Å². The van der Waals surface area contributed by atoms with Gasteiger partial charge in [-0.3, -0.25) is 0 Å². The molecule has 0 spiro atoms. The molecule has 0 N–H and O–H groups in total. The average Bonchev–Trinajstić information content (AvgIpc) is 2.61. The van der Waals surface area contributed by atoms with E-state index < -0.39 is 0 Å². The third-order valence-electron chi connectivity index (χ3n) is 4.35. The number of aryl methyl sites for hydroxylation is 1. The summed E-state index contributed by atoms with van der Waals surface area (Å²) in [6, 6.07) is 16.7. The third-order valence-corrected chi connectivity index (χ3v) is 4.60. The average molecular weight is 336 g/mol. The van der Waals surface area contributed by atoms with Gasteiger partial charge in [-0.2, -0.15) is 0 Å². The minimum Gasteiger partial charge on any atom is -0.119 e. The zero-order chi connectivity index (χ0) is 17.4. The van der Waals surface area contributed by atoms with E-state index in [-0.39, 0.29) is 0 Å². The van der Waals surface area contributed by atoms with Crippen molar-refractivity contribution in [3.8, 4) is 12.3 Å². The number of terminal acetylenes is 1. The van der Waals surface area contributed by atoms with E-state index in [9.17, 15) is 0 Å². The molecule has 0 bridgehead atoms. The zero-order valence-electron chi connectivity index (χ0n) is 14.3. The van der Waals surface area contributed by atoms with Gasteiger partial charge in [0.15, 0.2) is 0 Å². The van der Waals surface area contributed by atoms with Crippen molar-refractivity contribution in [1.82, 2.24) is 0 Å². The molecule has 0 aliphatic heterocycles. The summed E-state index contributed by atoms with van der Waals surface area (Å²) in [7, 11) is 0. The van der Waals surface area contributed by atoms with Gasteiger partial charge >= 0.3 is 0 Å². The lowest BCUT2D eigenvalue weighted by molar-refractivity contribution is 0.560. The fourth-order valence-electron chi connectivity index (χ4n) is 2.88. The summed E-state index contributed by atoms with van der Waals surface area (Å²) in [5.41, 5.74) is 3.88. The third kappa shape index (κ3) is 5.29. The van der Waals surface area contributed by atoms with Gasteiger partial charge < -0.3 is 0 Å². The maximum absolute atomic E-state index is 5.97. The summed E-state index contributed by atoms with van der Waals surface area (Å²) < 4.78 is 0. The minimum absolute atomic E-state index is 0.315. The van der Waals surface area contributed by atoms with Gasteiger partial charge in [0.25, 0.3) is 0 Å². The molecule has 123 valence electrons. The Balaban J connectivity index is 2.11. The number of hydrogen-bond acceptors (Lipinski definition) is 0. The molecule has 2 aromatic rings. The maximum atomic E-state index is 5.97. The molecular formula is C23H24Cl. The van der Waals surface area contributed by atoms with E-state index in [0.717, 1.165) is 36.6 Å². The lowest BCUT2D eigenvalue weighted by atomic mass is 9.81. The summed E-state index contributed by atoms with van der Waals surface area (Å²) in [5, 5.41) is 0.750. The van der Waals surface area contributed by atoms with Gasteiger partial charge in [0, 0.05) is 5.02 Å². The Morgan fingerprint density at radius 1 is 1.08 bits per heavy atom. The fraction of sp³-hybridized carbons (Fsp3) is 0.261. The monoisotopic (exact) mass is 335 g/mol. The molecule has 1 radical (unpaired) electrons. The van der Waals surface area contributed by atoms with E-state index in [4.69, 9.17) is 18.0 Å². The molecule has 0 amide bonds. The highest BCUT2D eigenvalue weighted by Gasteiger charge is 2.20. The van der Waals surface area contributed by atoms with Gasteiger partial charge in [0.05, 0.1) is 5.92 Å². The summed E-state index contributed by atoms with van der Waals surface area (Å²) >= 11 is 5.97. The molecule has 0 aromatic heterocycles. The minimum atomic E-state index is 0.315. The molecule has 0 nitrogen and oxygen atoms in total. The highest BCUT2D eigenvalue weighted by molar-refractivity contribution is 6.30. The van der Waals surface area contributed by atoms with Crippen molar-refractivity contribution in [2.45, 2.75) is 32.6 Å². The highest BCUT2D eigenvalue weighted by Crippen LogP contribution is 2.27. The first-order valence-corrected chi connectivity index (χ1v) is 8.79. The number of allylic oxidation sites excluding steroid dienone is 1. The quantitative estimate of drug-likeness (QED) is 0.404. The Morgan fingerprint density at radius 3 is 2.21 bits per heavy atom. The van der Waals surface area contributed by atoms with Crippen LogP contribution in [0.15, 0.2) is 61.2 Å². The fourth-order valence-corrected chi connectivity index (χ4v) is 3.01. The van der Waals surface area contributed by atoms with Gasteiger partial charge in [-0.05, 0) is 60.4 Å². The molecule has 0 fully saturated rings. The first kappa shape index (κ1) is 18.4. The molecule has 24 heavy (non-hydrogen) atoms. The normalized spacial score (nSPS) is 11.9. The first-order chi connectivity index (χ1) is 11.7. The van der Waals surface area contributed by atoms with Crippen molar-refractivity contribution in [2.24, 2.45) is 5.92 Å². The lowest BCUT2D eigenvalue weighted by Crippen LogP contribution is -2.16. The number of halogens is 1. The number of benzene rings is 2. The van der Waals surface area contributed by atoms with E-state index in [0.29, 0.717) is 5.92 Å². The Kier molecular flexibility index (Phi) is 7.16. The SMILES string of the molecule is C#C[C](Cc1ccc(Cl)cc1)C(CC=C)Cc1ccc(CC)cc1. The van der Waals surface area contributed by atoms with Crippen LogP contribution in [0.1, 0.15) is 30.0 Å². The van der Waals surface area contributed by atoms with Crippen molar-refractivity contribution < 1.29 is 0 Å².